The summed E-state index contributed by atoms with van der Waals surface area (Å²) in [6.45, 7) is 0. The number of aryl methyl sites for hydroxylation is 2. The maximum absolute atomic E-state index is 14.7. The predicted octanol–water partition coefficient (Wildman–Crippen LogP) is 4.74. The fourth-order valence-electron chi connectivity index (χ4n) is 3.32. The summed E-state index contributed by atoms with van der Waals surface area (Å²) in [5.74, 6) is -1.74. The molecule has 1 atom stereocenters. The number of hydrogen-bond donors (Lipinski definition) is 2. The van der Waals surface area contributed by atoms with Crippen molar-refractivity contribution in [3.8, 4) is 0 Å². The van der Waals surface area contributed by atoms with Crippen molar-refractivity contribution in [1.82, 2.24) is 0 Å². The van der Waals surface area contributed by atoms with E-state index < -0.39 is 18.0 Å². The minimum Gasteiger partial charge on any atom is -0.477 e. The molecule has 4 nitrogen and oxygen atoms in total. The van der Waals surface area contributed by atoms with Crippen LogP contribution in [-0.4, -0.2) is 17.0 Å². The minimum atomic E-state index is -1.82. The maximum atomic E-state index is 14.7. The number of rotatable bonds is 4. The Labute approximate surface area is 153 Å². The number of carbonyl (C=O) groups is 2. The van der Waals surface area contributed by atoms with Crippen molar-refractivity contribution in [3.05, 3.63) is 64.0 Å². The van der Waals surface area contributed by atoms with E-state index in [-0.39, 0.29) is 10.4 Å². The summed E-state index contributed by atoms with van der Waals surface area (Å²) in [7, 11) is 0. The summed E-state index contributed by atoms with van der Waals surface area (Å²) in [5, 5.41) is 12.4. The molecule has 6 heteroatoms. The Hall–Kier alpha value is -2.73. The molecule has 0 aliphatic heterocycles. The van der Waals surface area contributed by atoms with Gasteiger partial charge in [0.1, 0.15) is 4.88 Å². The number of carboxylic acids is 1. The Kier molecular flexibility index (Phi) is 4.20. The van der Waals surface area contributed by atoms with Crippen LogP contribution in [0.5, 0.6) is 0 Å². The van der Waals surface area contributed by atoms with Gasteiger partial charge in [-0.1, -0.05) is 18.2 Å². The minimum absolute atomic E-state index is 0.190. The van der Waals surface area contributed by atoms with Crippen LogP contribution in [0.3, 0.4) is 0 Å². The van der Waals surface area contributed by atoms with Gasteiger partial charge in [0.2, 0.25) is 6.17 Å². The smallest absolute Gasteiger partial charge is 0.345 e. The first-order chi connectivity index (χ1) is 12.5. The fraction of sp³-hybridized carbons (Fsp3) is 0.200. The molecule has 0 saturated carbocycles. The molecule has 0 radical (unpaired) electrons. The number of thiophene rings is 1. The average Bonchev–Trinajstić information content (AvgIpc) is 3.26. The van der Waals surface area contributed by atoms with Crippen LogP contribution < -0.4 is 5.32 Å². The molecule has 0 fully saturated rings. The van der Waals surface area contributed by atoms with Crippen LogP contribution in [0.4, 0.5) is 10.1 Å². The van der Waals surface area contributed by atoms with Crippen molar-refractivity contribution < 1.29 is 19.1 Å². The SMILES string of the molecule is O=C(O)c1cc2ccc(C(F)C(=O)Nc3ccc4c(c3)CCC4)cc2s1. The Morgan fingerprint density at radius 2 is 1.88 bits per heavy atom. The van der Waals surface area contributed by atoms with Crippen molar-refractivity contribution >= 4 is 39.0 Å². The predicted molar refractivity (Wildman–Crippen MR) is 99.7 cm³/mol. The highest BCUT2D eigenvalue weighted by atomic mass is 32.1. The third-order valence-corrected chi connectivity index (χ3v) is 5.73. The van der Waals surface area contributed by atoms with Crippen LogP contribution in [-0.2, 0) is 17.6 Å². The van der Waals surface area contributed by atoms with Gasteiger partial charge in [-0.2, -0.15) is 0 Å². The number of benzene rings is 2. The largest absolute Gasteiger partial charge is 0.477 e. The summed E-state index contributed by atoms with van der Waals surface area (Å²) >= 11 is 1.07. The lowest BCUT2D eigenvalue weighted by molar-refractivity contribution is -0.121. The number of anilines is 1. The Bertz CT molecular complexity index is 1030. The van der Waals surface area contributed by atoms with E-state index in [9.17, 15) is 14.0 Å². The average molecular weight is 369 g/mol. The zero-order chi connectivity index (χ0) is 18.3. The first-order valence-electron chi connectivity index (χ1n) is 8.35. The van der Waals surface area contributed by atoms with Crippen molar-refractivity contribution in [2.75, 3.05) is 5.32 Å². The number of hydrogen-bond acceptors (Lipinski definition) is 3. The molecule has 26 heavy (non-hydrogen) atoms. The standard InChI is InChI=1S/C20H16FNO3S/c21-18(14-5-4-13-9-17(20(24)25)26-16(13)10-14)19(23)22-15-7-6-11-2-1-3-12(11)8-15/h4-10,18H,1-3H2,(H,22,23)(H,24,25). The Balaban J connectivity index is 1.54. The van der Waals surface area contributed by atoms with Crippen molar-refractivity contribution in [1.29, 1.82) is 0 Å². The third kappa shape index (κ3) is 3.08. The van der Waals surface area contributed by atoms with E-state index in [1.165, 1.54) is 17.2 Å². The van der Waals surface area contributed by atoms with Crippen molar-refractivity contribution in [3.63, 3.8) is 0 Å². The number of fused-ring (bicyclic) bond motifs is 2. The molecule has 4 rings (SSSR count). The van der Waals surface area contributed by atoms with Crippen LogP contribution in [0, 0.1) is 0 Å². The molecular formula is C20H16FNO3S. The molecule has 1 aromatic heterocycles. The van der Waals surface area contributed by atoms with Gasteiger partial charge >= 0.3 is 5.97 Å². The highest BCUT2D eigenvalue weighted by molar-refractivity contribution is 7.20. The van der Waals surface area contributed by atoms with Crippen LogP contribution >= 0.6 is 11.3 Å². The number of amides is 1. The molecule has 1 aliphatic carbocycles. The summed E-state index contributed by atoms with van der Waals surface area (Å²) < 4.78 is 15.3. The lowest BCUT2D eigenvalue weighted by Gasteiger charge is -2.11. The van der Waals surface area contributed by atoms with E-state index in [0.717, 1.165) is 36.0 Å². The van der Waals surface area contributed by atoms with E-state index in [2.05, 4.69) is 5.32 Å². The molecule has 0 saturated heterocycles. The summed E-state index contributed by atoms with van der Waals surface area (Å²) in [5.41, 5.74) is 3.32. The maximum Gasteiger partial charge on any atom is 0.345 e. The molecule has 1 unspecified atom stereocenters. The summed E-state index contributed by atoms with van der Waals surface area (Å²) in [4.78, 5) is 23.5. The molecule has 3 aromatic rings. The molecule has 132 valence electrons. The monoisotopic (exact) mass is 369 g/mol. The third-order valence-electron chi connectivity index (χ3n) is 4.64. The summed E-state index contributed by atoms with van der Waals surface area (Å²) in [6, 6.07) is 11.9. The van der Waals surface area contributed by atoms with Crippen LogP contribution in [0.2, 0.25) is 0 Å². The number of alkyl halides is 1. The lowest BCUT2D eigenvalue weighted by Crippen LogP contribution is -2.18. The second kappa shape index (κ2) is 6.53. The van der Waals surface area contributed by atoms with Gasteiger partial charge in [0.15, 0.2) is 0 Å². The van der Waals surface area contributed by atoms with Gasteiger partial charge < -0.3 is 10.4 Å². The molecule has 1 amide bonds. The van der Waals surface area contributed by atoms with Gasteiger partial charge in [-0.25, -0.2) is 9.18 Å². The number of carbonyl (C=O) groups excluding carboxylic acids is 1. The van der Waals surface area contributed by atoms with E-state index in [0.29, 0.717) is 10.4 Å². The highest BCUT2D eigenvalue weighted by Crippen LogP contribution is 2.31. The fourth-order valence-corrected chi connectivity index (χ4v) is 4.27. The van der Waals surface area contributed by atoms with Crippen molar-refractivity contribution in [2.45, 2.75) is 25.4 Å². The highest BCUT2D eigenvalue weighted by Gasteiger charge is 2.21. The molecule has 2 N–H and O–H groups in total. The van der Waals surface area contributed by atoms with E-state index in [1.54, 1.807) is 24.3 Å². The van der Waals surface area contributed by atoms with Gasteiger partial charge in [-0.3, -0.25) is 4.79 Å². The second-order valence-corrected chi connectivity index (χ2v) is 7.49. The first-order valence-corrected chi connectivity index (χ1v) is 9.16. The zero-order valence-electron chi connectivity index (χ0n) is 13.8. The normalized spacial score (nSPS) is 14.2. The van der Waals surface area contributed by atoms with Gasteiger partial charge in [0, 0.05) is 10.4 Å². The van der Waals surface area contributed by atoms with E-state index in [1.807, 2.05) is 12.1 Å². The number of halogens is 1. The molecular weight excluding hydrogens is 353 g/mol. The van der Waals surface area contributed by atoms with Gasteiger partial charge in [0.25, 0.3) is 5.91 Å². The quantitative estimate of drug-likeness (QED) is 0.698. The first kappa shape index (κ1) is 16.7. The van der Waals surface area contributed by atoms with Gasteiger partial charge in [0.05, 0.1) is 0 Å². The van der Waals surface area contributed by atoms with E-state index >= 15 is 0 Å². The van der Waals surface area contributed by atoms with Crippen LogP contribution in [0.25, 0.3) is 10.1 Å². The number of nitrogens with one attached hydrogen (secondary N) is 1. The molecule has 2 aromatic carbocycles. The lowest BCUT2D eigenvalue weighted by atomic mass is 10.1. The topological polar surface area (TPSA) is 66.4 Å². The van der Waals surface area contributed by atoms with Gasteiger partial charge in [-0.15, -0.1) is 11.3 Å². The Morgan fingerprint density at radius 3 is 2.69 bits per heavy atom. The number of carboxylic acid groups (broad SMARTS) is 1. The Morgan fingerprint density at radius 1 is 1.08 bits per heavy atom. The molecule has 1 heterocycles. The zero-order valence-corrected chi connectivity index (χ0v) is 14.6. The van der Waals surface area contributed by atoms with Crippen molar-refractivity contribution in [2.24, 2.45) is 0 Å². The van der Waals surface area contributed by atoms with E-state index in [4.69, 9.17) is 5.11 Å². The second-order valence-electron chi connectivity index (χ2n) is 6.40. The van der Waals surface area contributed by atoms with Gasteiger partial charge in [-0.05, 0) is 65.6 Å². The number of aromatic carboxylic acids is 1. The van der Waals surface area contributed by atoms with Crippen LogP contribution in [0.15, 0.2) is 42.5 Å². The summed E-state index contributed by atoms with van der Waals surface area (Å²) in [6.07, 6.45) is 1.33. The molecule has 1 aliphatic rings. The molecule has 0 spiro atoms. The van der Waals surface area contributed by atoms with Crippen LogP contribution in [0.1, 0.15) is 39.0 Å². The molecule has 0 bridgehead atoms.